The van der Waals surface area contributed by atoms with Crippen molar-refractivity contribution in [3.8, 4) is 0 Å². The van der Waals surface area contributed by atoms with Crippen LogP contribution in [0.3, 0.4) is 0 Å². The molecule has 1 fully saturated rings. The van der Waals surface area contributed by atoms with Gasteiger partial charge in [-0.15, -0.1) is 0 Å². The van der Waals surface area contributed by atoms with Gasteiger partial charge in [-0.25, -0.2) is 4.98 Å². The fourth-order valence-corrected chi connectivity index (χ4v) is 2.55. The molecule has 0 bridgehead atoms. The van der Waals surface area contributed by atoms with Crippen LogP contribution in [0.4, 0.5) is 10.1 Å². The zero-order chi connectivity index (χ0) is 10.7. The molecule has 0 aromatic carbocycles. The first-order chi connectivity index (χ1) is 7.29. The summed E-state index contributed by atoms with van der Waals surface area (Å²) in [6, 6.07) is 0. The number of nitrogen functional groups attached to an aromatic ring is 1. The molecule has 84 valence electrons. The van der Waals surface area contributed by atoms with Gasteiger partial charge < -0.3 is 15.8 Å². The van der Waals surface area contributed by atoms with Gasteiger partial charge in [-0.3, -0.25) is 0 Å². The van der Waals surface area contributed by atoms with Crippen LogP contribution in [-0.2, 0) is 4.74 Å². The predicted molar refractivity (Wildman–Crippen MR) is 63.2 cm³/mol. The number of hydrogen-bond acceptors (Lipinski definition) is 5. The van der Waals surface area contributed by atoms with E-state index in [1.807, 2.05) is 0 Å². The molecule has 1 aromatic rings. The van der Waals surface area contributed by atoms with Crippen LogP contribution in [-0.4, -0.2) is 24.2 Å². The number of nitrogens with two attached hydrogens (primary N) is 1. The third kappa shape index (κ3) is 2.60. The minimum atomic E-state index is 0.412. The van der Waals surface area contributed by atoms with E-state index >= 15 is 0 Å². The molecule has 2 unspecified atom stereocenters. The van der Waals surface area contributed by atoms with Gasteiger partial charge in [0.2, 0.25) is 0 Å². The number of ether oxygens (including phenoxy) is 1. The lowest BCUT2D eigenvalue weighted by molar-refractivity contribution is 0.0900. The molecule has 2 rings (SSSR count). The maximum Gasteiger partial charge on any atom is 0.184 e. The molecule has 1 aromatic heterocycles. The molecule has 1 aliphatic heterocycles. The lowest BCUT2D eigenvalue weighted by Gasteiger charge is -2.16. The number of aromatic nitrogens is 1. The highest BCUT2D eigenvalue weighted by Gasteiger charge is 2.26. The molecule has 0 spiro atoms. The first kappa shape index (κ1) is 10.7. The van der Waals surface area contributed by atoms with Gasteiger partial charge in [0.25, 0.3) is 0 Å². The summed E-state index contributed by atoms with van der Waals surface area (Å²) in [5, 5.41) is 4.99. The third-order valence-electron chi connectivity index (χ3n) is 2.79. The van der Waals surface area contributed by atoms with Gasteiger partial charge in [0, 0.05) is 19.1 Å². The van der Waals surface area contributed by atoms with Crippen molar-refractivity contribution in [1.82, 2.24) is 4.98 Å². The highest BCUT2D eigenvalue weighted by Crippen LogP contribution is 2.25. The molecule has 5 heteroatoms. The van der Waals surface area contributed by atoms with Crippen molar-refractivity contribution >= 4 is 21.5 Å². The molecule has 1 aliphatic rings. The van der Waals surface area contributed by atoms with Crippen LogP contribution in [0.2, 0.25) is 0 Å². The van der Waals surface area contributed by atoms with Crippen molar-refractivity contribution < 1.29 is 4.74 Å². The van der Waals surface area contributed by atoms with E-state index in [0.29, 0.717) is 12.0 Å². The number of nitrogens with one attached hydrogen (secondary N) is 1. The second kappa shape index (κ2) is 4.81. The normalized spacial score (nSPS) is 25.7. The molecule has 0 saturated carbocycles. The van der Waals surface area contributed by atoms with Gasteiger partial charge in [-0.05, 0) is 12.8 Å². The zero-order valence-corrected chi connectivity index (χ0v) is 9.72. The Morgan fingerprint density at radius 3 is 3.27 bits per heavy atom. The van der Waals surface area contributed by atoms with Crippen LogP contribution in [0.5, 0.6) is 0 Å². The van der Waals surface area contributed by atoms with Crippen molar-refractivity contribution in [2.45, 2.75) is 25.9 Å². The molecule has 2 heterocycles. The third-order valence-corrected chi connectivity index (χ3v) is 3.57. The monoisotopic (exact) mass is 227 g/mol. The summed E-state index contributed by atoms with van der Waals surface area (Å²) in [6.45, 7) is 4.00. The van der Waals surface area contributed by atoms with Crippen LogP contribution in [0.15, 0.2) is 6.20 Å². The van der Waals surface area contributed by atoms with Crippen LogP contribution in [0.25, 0.3) is 0 Å². The first-order valence-corrected chi connectivity index (χ1v) is 6.18. The van der Waals surface area contributed by atoms with Crippen LogP contribution >= 0.6 is 11.3 Å². The maximum absolute atomic E-state index is 5.63. The Balaban J connectivity index is 1.82. The Morgan fingerprint density at radius 1 is 1.73 bits per heavy atom. The lowest BCUT2D eigenvalue weighted by Crippen LogP contribution is -2.22. The number of hydrogen-bond donors (Lipinski definition) is 2. The molecule has 0 radical (unpaired) electrons. The standard InChI is InChI=1S/C10H17N3OS/c1-2-8-7(3-4-14-8)5-12-10-13-6-9(11)15-10/h6-8H,2-5,11H2,1H3,(H,12,13). The van der Waals surface area contributed by atoms with Gasteiger partial charge in [0.15, 0.2) is 5.13 Å². The summed E-state index contributed by atoms with van der Waals surface area (Å²) in [5.41, 5.74) is 5.61. The lowest BCUT2D eigenvalue weighted by atomic mass is 10.00. The van der Waals surface area contributed by atoms with Gasteiger partial charge in [0.05, 0.1) is 12.3 Å². The number of rotatable bonds is 4. The van der Waals surface area contributed by atoms with E-state index in [2.05, 4.69) is 17.2 Å². The minimum Gasteiger partial charge on any atom is -0.389 e. The Bertz CT molecular complexity index is 315. The van der Waals surface area contributed by atoms with Crippen LogP contribution in [0, 0.1) is 5.92 Å². The summed E-state index contributed by atoms with van der Waals surface area (Å²) in [6.07, 6.45) is 4.34. The fourth-order valence-electron chi connectivity index (χ4n) is 1.96. The average molecular weight is 227 g/mol. The topological polar surface area (TPSA) is 60.2 Å². The van der Waals surface area contributed by atoms with E-state index in [1.54, 1.807) is 6.20 Å². The van der Waals surface area contributed by atoms with Crippen molar-refractivity contribution in [2.24, 2.45) is 5.92 Å². The molecule has 2 atom stereocenters. The Hall–Kier alpha value is -0.810. The quantitative estimate of drug-likeness (QED) is 0.825. The predicted octanol–water partition coefficient (Wildman–Crippen LogP) is 1.95. The first-order valence-electron chi connectivity index (χ1n) is 5.36. The largest absolute Gasteiger partial charge is 0.389 e. The summed E-state index contributed by atoms with van der Waals surface area (Å²) >= 11 is 1.49. The van der Waals surface area contributed by atoms with Crippen molar-refractivity contribution in [3.05, 3.63) is 6.20 Å². The van der Waals surface area contributed by atoms with E-state index in [1.165, 1.54) is 11.3 Å². The molecular formula is C10H17N3OS. The number of thiazole rings is 1. The number of anilines is 2. The van der Waals surface area contributed by atoms with E-state index < -0.39 is 0 Å². The Labute approximate surface area is 93.8 Å². The van der Waals surface area contributed by atoms with E-state index in [4.69, 9.17) is 10.5 Å². The zero-order valence-electron chi connectivity index (χ0n) is 8.90. The van der Waals surface area contributed by atoms with Crippen molar-refractivity contribution in [2.75, 3.05) is 24.2 Å². The summed E-state index contributed by atoms with van der Waals surface area (Å²) in [7, 11) is 0. The van der Waals surface area contributed by atoms with Crippen molar-refractivity contribution in [3.63, 3.8) is 0 Å². The van der Waals surface area contributed by atoms with Crippen molar-refractivity contribution in [1.29, 1.82) is 0 Å². The van der Waals surface area contributed by atoms with Gasteiger partial charge in [-0.1, -0.05) is 18.3 Å². The van der Waals surface area contributed by atoms with Gasteiger partial charge >= 0.3 is 0 Å². The minimum absolute atomic E-state index is 0.412. The van der Waals surface area contributed by atoms with E-state index in [0.717, 1.165) is 36.1 Å². The second-order valence-corrected chi connectivity index (χ2v) is 4.88. The molecular weight excluding hydrogens is 210 g/mol. The molecule has 1 saturated heterocycles. The van der Waals surface area contributed by atoms with Crippen LogP contribution < -0.4 is 11.1 Å². The van der Waals surface area contributed by atoms with Gasteiger partial charge in [0.1, 0.15) is 5.00 Å². The SMILES string of the molecule is CCC1OCCC1CNc1ncc(N)s1. The molecule has 4 nitrogen and oxygen atoms in total. The maximum atomic E-state index is 5.63. The molecule has 0 aliphatic carbocycles. The molecule has 0 amide bonds. The molecule has 3 N–H and O–H groups in total. The molecule has 15 heavy (non-hydrogen) atoms. The van der Waals surface area contributed by atoms with E-state index in [9.17, 15) is 0 Å². The summed E-state index contributed by atoms with van der Waals surface area (Å²) < 4.78 is 5.63. The summed E-state index contributed by atoms with van der Waals surface area (Å²) in [5.74, 6) is 0.611. The van der Waals surface area contributed by atoms with Crippen LogP contribution in [0.1, 0.15) is 19.8 Å². The van der Waals surface area contributed by atoms with Gasteiger partial charge in [-0.2, -0.15) is 0 Å². The number of nitrogens with zero attached hydrogens (tertiary/aromatic N) is 1. The summed E-state index contributed by atoms with van der Waals surface area (Å²) in [4.78, 5) is 4.17. The Morgan fingerprint density at radius 2 is 2.60 bits per heavy atom. The van der Waals surface area contributed by atoms with E-state index in [-0.39, 0.29) is 0 Å². The highest BCUT2D eigenvalue weighted by molar-refractivity contribution is 7.19. The fraction of sp³-hybridized carbons (Fsp3) is 0.700. The highest BCUT2D eigenvalue weighted by atomic mass is 32.1. The second-order valence-electron chi connectivity index (χ2n) is 3.81. The Kier molecular flexibility index (Phi) is 3.43. The average Bonchev–Trinajstić information content (AvgIpc) is 2.83. The smallest absolute Gasteiger partial charge is 0.184 e.